The maximum Gasteiger partial charge on any atom is 0.453 e. The average molecular weight is 262 g/mol. The SMILES string of the molecule is FC(F)(F)C(F)(F)CCCOCC1CCCO1. The molecule has 1 aliphatic heterocycles. The van der Waals surface area contributed by atoms with Crippen LogP contribution < -0.4 is 0 Å². The minimum atomic E-state index is -5.47. The van der Waals surface area contributed by atoms with Crippen LogP contribution in [0.25, 0.3) is 0 Å². The zero-order chi connectivity index (χ0) is 12.9. The molecular weight excluding hydrogens is 247 g/mol. The van der Waals surface area contributed by atoms with Gasteiger partial charge in [-0.15, -0.1) is 0 Å². The van der Waals surface area contributed by atoms with Crippen molar-refractivity contribution in [2.75, 3.05) is 19.8 Å². The van der Waals surface area contributed by atoms with Gasteiger partial charge in [0.25, 0.3) is 0 Å². The predicted molar refractivity (Wildman–Crippen MR) is 50.0 cm³/mol. The van der Waals surface area contributed by atoms with Crippen LogP contribution >= 0.6 is 0 Å². The van der Waals surface area contributed by atoms with Gasteiger partial charge in [-0.2, -0.15) is 22.0 Å². The van der Waals surface area contributed by atoms with Gasteiger partial charge in [0.15, 0.2) is 0 Å². The van der Waals surface area contributed by atoms with E-state index >= 15 is 0 Å². The van der Waals surface area contributed by atoms with Gasteiger partial charge in [0, 0.05) is 19.6 Å². The Kier molecular flexibility index (Phi) is 5.12. The zero-order valence-electron chi connectivity index (χ0n) is 9.23. The van der Waals surface area contributed by atoms with Crippen molar-refractivity contribution in [3.05, 3.63) is 0 Å². The second kappa shape index (κ2) is 5.95. The van der Waals surface area contributed by atoms with Crippen LogP contribution in [0.15, 0.2) is 0 Å². The zero-order valence-corrected chi connectivity index (χ0v) is 9.23. The van der Waals surface area contributed by atoms with Crippen LogP contribution in [0.2, 0.25) is 0 Å². The Morgan fingerprint density at radius 3 is 2.41 bits per heavy atom. The molecule has 0 saturated carbocycles. The smallest absolute Gasteiger partial charge is 0.379 e. The van der Waals surface area contributed by atoms with Crippen molar-refractivity contribution in [2.24, 2.45) is 0 Å². The molecule has 17 heavy (non-hydrogen) atoms. The summed E-state index contributed by atoms with van der Waals surface area (Å²) >= 11 is 0. The lowest BCUT2D eigenvalue weighted by atomic mass is 10.2. The first-order valence-corrected chi connectivity index (χ1v) is 5.47. The van der Waals surface area contributed by atoms with Gasteiger partial charge in [0.1, 0.15) is 0 Å². The van der Waals surface area contributed by atoms with Gasteiger partial charge in [-0.3, -0.25) is 0 Å². The summed E-state index contributed by atoms with van der Waals surface area (Å²) in [7, 11) is 0. The maximum absolute atomic E-state index is 12.5. The molecule has 0 amide bonds. The molecule has 1 rings (SSSR count). The fourth-order valence-electron chi connectivity index (χ4n) is 1.53. The molecule has 0 N–H and O–H groups in total. The van der Waals surface area contributed by atoms with E-state index in [4.69, 9.17) is 9.47 Å². The lowest BCUT2D eigenvalue weighted by Crippen LogP contribution is -2.36. The Labute approximate surface area is 96.1 Å². The third kappa shape index (κ3) is 4.75. The standard InChI is InChI=1S/C10H15F5O2/c11-9(12,10(13,14)15)4-2-5-16-7-8-3-1-6-17-8/h8H,1-7H2. The number of ether oxygens (including phenoxy) is 2. The summed E-state index contributed by atoms with van der Waals surface area (Å²) in [5, 5.41) is 0. The molecule has 0 radical (unpaired) electrons. The third-order valence-corrected chi connectivity index (χ3v) is 2.52. The fourth-order valence-corrected chi connectivity index (χ4v) is 1.53. The lowest BCUT2D eigenvalue weighted by molar-refractivity contribution is -0.285. The van der Waals surface area contributed by atoms with E-state index < -0.39 is 18.5 Å². The van der Waals surface area contributed by atoms with Crippen LogP contribution in [0.3, 0.4) is 0 Å². The largest absolute Gasteiger partial charge is 0.453 e. The van der Waals surface area contributed by atoms with E-state index in [1.807, 2.05) is 0 Å². The minimum Gasteiger partial charge on any atom is -0.379 e. The van der Waals surface area contributed by atoms with Gasteiger partial charge in [0.05, 0.1) is 12.7 Å². The van der Waals surface area contributed by atoms with Crippen LogP contribution in [0.4, 0.5) is 22.0 Å². The Morgan fingerprint density at radius 1 is 1.18 bits per heavy atom. The average Bonchev–Trinajstić information content (AvgIpc) is 2.68. The normalized spacial score (nSPS) is 22.1. The van der Waals surface area contributed by atoms with Crippen LogP contribution in [-0.2, 0) is 9.47 Å². The highest BCUT2D eigenvalue weighted by Crippen LogP contribution is 2.38. The molecule has 0 aliphatic carbocycles. The van der Waals surface area contributed by atoms with Gasteiger partial charge in [-0.25, -0.2) is 0 Å². The Bertz CT molecular complexity index is 223. The summed E-state index contributed by atoms with van der Waals surface area (Å²) in [5.41, 5.74) is 0. The number of halogens is 5. The van der Waals surface area contributed by atoms with Crippen molar-refractivity contribution in [3.8, 4) is 0 Å². The fraction of sp³-hybridized carbons (Fsp3) is 1.00. The first-order valence-electron chi connectivity index (χ1n) is 5.47. The van der Waals surface area contributed by atoms with Crippen molar-refractivity contribution in [3.63, 3.8) is 0 Å². The van der Waals surface area contributed by atoms with Gasteiger partial charge < -0.3 is 9.47 Å². The van der Waals surface area contributed by atoms with Crippen molar-refractivity contribution >= 4 is 0 Å². The second-order valence-electron chi connectivity index (χ2n) is 4.02. The van der Waals surface area contributed by atoms with Crippen molar-refractivity contribution < 1.29 is 31.4 Å². The molecule has 0 spiro atoms. The lowest BCUT2D eigenvalue weighted by Gasteiger charge is -2.19. The van der Waals surface area contributed by atoms with E-state index in [0.717, 1.165) is 12.8 Å². The van der Waals surface area contributed by atoms with Gasteiger partial charge in [-0.1, -0.05) is 0 Å². The van der Waals surface area contributed by atoms with Crippen molar-refractivity contribution in [1.29, 1.82) is 0 Å². The Morgan fingerprint density at radius 2 is 1.88 bits per heavy atom. The van der Waals surface area contributed by atoms with Crippen molar-refractivity contribution in [1.82, 2.24) is 0 Å². The molecule has 102 valence electrons. The van der Waals surface area contributed by atoms with E-state index in [-0.39, 0.29) is 25.7 Å². The van der Waals surface area contributed by atoms with E-state index in [1.54, 1.807) is 0 Å². The Hall–Kier alpha value is -0.430. The molecule has 1 fully saturated rings. The first-order chi connectivity index (χ1) is 7.83. The van der Waals surface area contributed by atoms with Gasteiger partial charge in [-0.05, 0) is 19.3 Å². The molecule has 2 nitrogen and oxygen atoms in total. The van der Waals surface area contributed by atoms with E-state index in [0.29, 0.717) is 6.61 Å². The van der Waals surface area contributed by atoms with Crippen LogP contribution in [0, 0.1) is 0 Å². The molecule has 1 unspecified atom stereocenters. The molecule has 1 atom stereocenters. The molecule has 0 aromatic carbocycles. The number of hydrogen-bond donors (Lipinski definition) is 0. The summed E-state index contributed by atoms with van der Waals surface area (Å²) in [5.74, 6) is -4.62. The third-order valence-electron chi connectivity index (χ3n) is 2.52. The second-order valence-corrected chi connectivity index (χ2v) is 4.02. The summed E-state index contributed by atoms with van der Waals surface area (Å²) in [6.07, 6.45) is -5.29. The minimum absolute atomic E-state index is 0.0434. The molecule has 0 bridgehead atoms. The first kappa shape index (κ1) is 14.6. The molecular formula is C10H15F5O2. The molecule has 1 saturated heterocycles. The van der Waals surface area contributed by atoms with Crippen LogP contribution in [0.5, 0.6) is 0 Å². The summed E-state index contributed by atoms with van der Waals surface area (Å²) < 4.78 is 70.4. The highest BCUT2D eigenvalue weighted by atomic mass is 19.4. The van der Waals surface area contributed by atoms with E-state index in [1.165, 1.54) is 0 Å². The summed E-state index contributed by atoms with van der Waals surface area (Å²) in [4.78, 5) is 0. The molecule has 7 heteroatoms. The van der Waals surface area contributed by atoms with Gasteiger partial charge >= 0.3 is 12.1 Å². The summed E-state index contributed by atoms with van der Waals surface area (Å²) in [6, 6.07) is 0. The van der Waals surface area contributed by atoms with Crippen molar-refractivity contribution in [2.45, 2.75) is 43.9 Å². The monoisotopic (exact) mass is 262 g/mol. The van der Waals surface area contributed by atoms with Gasteiger partial charge in [0.2, 0.25) is 0 Å². The molecule has 0 aromatic rings. The topological polar surface area (TPSA) is 18.5 Å². The predicted octanol–water partition coefficient (Wildman–Crippen LogP) is 3.16. The Balaban J connectivity index is 2.07. The van der Waals surface area contributed by atoms with Crippen LogP contribution in [-0.4, -0.2) is 38.0 Å². The highest BCUT2D eigenvalue weighted by molar-refractivity contribution is 4.75. The van der Waals surface area contributed by atoms with Crippen LogP contribution in [0.1, 0.15) is 25.7 Å². The maximum atomic E-state index is 12.5. The molecule has 1 aliphatic rings. The highest BCUT2D eigenvalue weighted by Gasteiger charge is 2.56. The number of rotatable bonds is 6. The number of alkyl halides is 5. The van der Waals surface area contributed by atoms with E-state index in [9.17, 15) is 22.0 Å². The quantitative estimate of drug-likeness (QED) is 0.540. The molecule has 0 aromatic heterocycles. The number of hydrogen-bond acceptors (Lipinski definition) is 2. The molecule has 1 heterocycles. The van der Waals surface area contributed by atoms with E-state index in [2.05, 4.69) is 0 Å². The summed E-state index contributed by atoms with van der Waals surface area (Å²) in [6.45, 7) is 0.809.